The van der Waals surface area contributed by atoms with Gasteiger partial charge in [-0.25, -0.2) is 0 Å². The SMILES string of the molecule is CCOC(CC(CC)(CC)C(C)(CCCCCC(C)C)CCCC(C)CCCC(C)CCCCC(C)CCCC(C)CCCC(C)C)OCC. The summed E-state index contributed by atoms with van der Waals surface area (Å²) < 4.78 is 12.3. The number of hydrogen-bond donors (Lipinski definition) is 0. The van der Waals surface area contributed by atoms with Gasteiger partial charge in [-0.1, -0.05) is 198 Å². The molecule has 0 heterocycles. The van der Waals surface area contributed by atoms with Crippen LogP contribution in [0.3, 0.4) is 0 Å². The van der Waals surface area contributed by atoms with Gasteiger partial charge in [0.1, 0.15) is 0 Å². The molecule has 0 radical (unpaired) electrons. The molecule has 0 spiro atoms. The van der Waals surface area contributed by atoms with Crippen LogP contribution in [-0.2, 0) is 9.47 Å². The molecule has 0 aromatic carbocycles. The molecule has 0 aromatic rings. The highest BCUT2D eigenvalue weighted by atomic mass is 16.7. The fraction of sp³-hybridized carbons (Fsp3) is 1.00. The normalized spacial score (nSPS) is 16.3. The molecule has 0 aliphatic rings. The first-order valence-electron chi connectivity index (χ1n) is 23.0. The highest BCUT2D eigenvalue weighted by Gasteiger charge is 2.46. The van der Waals surface area contributed by atoms with E-state index in [-0.39, 0.29) is 11.7 Å². The van der Waals surface area contributed by atoms with Crippen molar-refractivity contribution < 1.29 is 9.47 Å². The van der Waals surface area contributed by atoms with E-state index in [0.717, 1.165) is 55.1 Å². The smallest absolute Gasteiger partial charge is 0.158 e. The lowest BCUT2D eigenvalue weighted by atomic mass is 9.55. The monoisotopic (exact) mass is 707 g/mol. The second-order valence-electron chi connectivity index (χ2n) is 18.9. The molecule has 0 rings (SSSR count). The highest BCUT2D eigenvalue weighted by Crippen LogP contribution is 2.54. The molecule has 0 aliphatic carbocycles. The van der Waals surface area contributed by atoms with Gasteiger partial charge in [0, 0.05) is 19.6 Å². The van der Waals surface area contributed by atoms with Crippen LogP contribution in [0.4, 0.5) is 0 Å². The summed E-state index contributed by atoms with van der Waals surface area (Å²) in [4.78, 5) is 0. The zero-order valence-corrected chi connectivity index (χ0v) is 37.2. The Morgan fingerprint density at radius 2 is 0.740 bits per heavy atom. The minimum Gasteiger partial charge on any atom is -0.353 e. The second kappa shape index (κ2) is 30.3. The summed E-state index contributed by atoms with van der Waals surface area (Å²) in [6.07, 6.45) is 32.9. The lowest BCUT2D eigenvalue weighted by molar-refractivity contribution is -0.173. The Kier molecular flexibility index (Phi) is 30.2. The van der Waals surface area contributed by atoms with Gasteiger partial charge in [-0.3, -0.25) is 0 Å². The van der Waals surface area contributed by atoms with Crippen LogP contribution in [0.1, 0.15) is 244 Å². The molecule has 0 saturated heterocycles. The van der Waals surface area contributed by atoms with Gasteiger partial charge in [-0.05, 0) is 85.9 Å². The topological polar surface area (TPSA) is 18.5 Å². The molecule has 0 aromatic heterocycles. The lowest BCUT2D eigenvalue weighted by Gasteiger charge is -2.50. The minimum atomic E-state index is -0.0717. The zero-order chi connectivity index (χ0) is 37.8. The molecular formula is C48H98O2. The van der Waals surface area contributed by atoms with Crippen LogP contribution in [0, 0.1) is 46.3 Å². The average molecular weight is 707 g/mol. The first kappa shape index (κ1) is 49.9. The summed E-state index contributed by atoms with van der Waals surface area (Å²) in [5.41, 5.74) is 0.597. The molecule has 0 aliphatic heterocycles. The molecule has 0 fully saturated rings. The summed E-state index contributed by atoms with van der Waals surface area (Å²) >= 11 is 0. The maximum atomic E-state index is 6.17. The summed E-state index contributed by atoms with van der Waals surface area (Å²) in [7, 11) is 0. The van der Waals surface area contributed by atoms with Crippen LogP contribution < -0.4 is 0 Å². The van der Waals surface area contributed by atoms with E-state index in [0.29, 0.717) is 5.41 Å². The zero-order valence-electron chi connectivity index (χ0n) is 37.2. The van der Waals surface area contributed by atoms with Gasteiger partial charge in [0.25, 0.3) is 0 Å². The number of ether oxygens (including phenoxy) is 2. The third-order valence-corrected chi connectivity index (χ3v) is 13.2. The molecule has 0 N–H and O–H groups in total. The summed E-state index contributed by atoms with van der Waals surface area (Å²) in [5, 5.41) is 0. The van der Waals surface area contributed by atoms with E-state index < -0.39 is 0 Å². The number of rotatable bonds is 36. The van der Waals surface area contributed by atoms with E-state index in [2.05, 4.69) is 90.0 Å². The van der Waals surface area contributed by atoms with Crippen LogP contribution >= 0.6 is 0 Å². The van der Waals surface area contributed by atoms with E-state index >= 15 is 0 Å². The Morgan fingerprint density at radius 3 is 1.14 bits per heavy atom. The Bertz CT molecular complexity index is 720. The maximum absolute atomic E-state index is 6.17. The van der Waals surface area contributed by atoms with E-state index in [9.17, 15) is 0 Å². The van der Waals surface area contributed by atoms with Crippen molar-refractivity contribution in [1.29, 1.82) is 0 Å². The van der Waals surface area contributed by atoms with E-state index in [1.54, 1.807) is 0 Å². The minimum absolute atomic E-state index is 0.0717. The standard InChI is InChI=1S/C48H98O2/c1-14-48(15-2,39-46(49-16-3)50-17-4)47(13,37-22-18-19-27-40(5)6)38-26-36-45(12)35-25-33-43(10)30-21-20-29-42(9)32-24-34-44(11)31-23-28-41(7)8/h40-46H,14-39H2,1-13H3. The highest BCUT2D eigenvalue weighted by molar-refractivity contribution is 4.95. The van der Waals surface area contributed by atoms with Crippen LogP contribution in [0.15, 0.2) is 0 Å². The van der Waals surface area contributed by atoms with Crippen LogP contribution in [0.5, 0.6) is 0 Å². The molecule has 2 heteroatoms. The van der Waals surface area contributed by atoms with Crippen molar-refractivity contribution in [2.45, 2.75) is 250 Å². The molecule has 50 heavy (non-hydrogen) atoms. The summed E-state index contributed by atoms with van der Waals surface area (Å²) in [5.74, 6) is 5.25. The molecular weight excluding hydrogens is 609 g/mol. The van der Waals surface area contributed by atoms with E-state index in [1.807, 2.05) is 0 Å². The molecule has 5 unspecified atom stereocenters. The maximum Gasteiger partial charge on any atom is 0.158 e. The van der Waals surface area contributed by atoms with Crippen molar-refractivity contribution >= 4 is 0 Å². The third-order valence-electron chi connectivity index (χ3n) is 13.2. The first-order valence-corrected chi connectivity index (χ1v) is 23.0. The number of unbranched alkanes of at least 4 members (excludes halogenated alkanes) is 3. The molecule has 5 atom stereocenters. The Balaban J connectivity index is 4.69. The second-order valence-corrected chi connectivity index (χ2v) is 18.9. The fourth-order valence-electron chi connectivity index (χ4n) is 9.30. The molecule has 0 saturated carbocycles. The van der Waals surface area contributed by atoms with Gasteiger partial charge < -0.3 is 9.47 Å². The number of hydrogen-bond acceptors (Lipinski definition) is 2. The van der Waals surface area contributed by atoms with Gasteiger partial charge in [-0.2, -0.15) is 0 Å². The predicted octanol–water partition coefficient (Wildman–Crippen LogP) is 16.6. The average Bonchev–Trinajstić information content (AvgIpc) is 3.05. The van der Waals surface area contributed by atoms with Gasteiger partial charge in [0.05, 0.1) is 0 Å². The lowest BCUT2D eigenvalue weighted by Crippen LogP contribution is -2.43. The van der Waals surface area contributed by atoms with Crippen LogP contribution in [0.25, 0.3) is 0 Å². The van der Waals surface area contributed by atoms with Crippen molar-refractivity contribution in [2.24, 2.45) is 46.3 Å². The van der Waals surface area contributed by atoms with Crippen LogP contribution in [0.2, 0.25) is 0 Å². The Morgan fingerprint density at radius 1 is 0.400 bits per heavy atom. The molecule has 0 bridgehead atoms. The summed E-state index contributed by atoms with van der Waals surface area (Å²) in [6.45, 7) is 32.7. The quantitative estimate of drug-likeness (QED) is 0.0477. The summed E-state index contributed by atoms with van der Waals surface area (Å²) in [6, 6.07) is 0. The largest absolute Gasteiger partial charge is 0.353 e. The van der Waals surface area contributed by atoms with Crippen molar-refractivity contribution in [3.8, 4) is 0 Å². The van der Waals surface area contributed by atoms with Gasteiger partial charge >= 0.3 is 0 Å². The van der Waals surface area contributed by atoms with E-state index in [1.165, 1.54) is 148 Å². The van der Waals surface area contributed by atoms with Gasteiger partial charge in [-0.15, -0.1) is 0 Å². The third kappa shape index (κ3) is 23.6. The Labute approximate surface area is 318 Å². The van der Waals surface area contributed by atoms with Gasteiger partial charge in [0.2, 0.25) is 0 Å². The molecule has 0 amide bonds. The van der Waals surface area contributed by atoms with Gasteiger partial charge in [0.15, 0.2) is 6.29 Å². The fourth-order valence-corrected chi connectivity index (χ4v) is 9.30. The Hall–Kier alpha value is -0.0800. The van der Waals surface area contributed by atoms with Crippen molar-refractivity contribution in [2.75, 3.05) is 13.2 Å². The molecule has 2 nitrogen and oxygen atoms in total. The van der Waals surface area contributed by atoms with Crippen LogP contribution in [-0.4, -0.2) is 19.5 Å². The van der Waals surface area contributed by atoms with Crippen molar-refractivity contribution in [3.05, 3.63) is 0 Å². The van der Waals surface area contributed by atoms with Crippen molar-refractivity contribution in [3.63, 3.8) is 0 Å². The first-order chi connectivity index (χ1) is 23.8. The van der Waals surface area contributed by atoms with E-state index in [4.69, 9.17) is 9.47 Å². The van der Waals surface area contributed by atoms with Crippen molar-refractivity contribution in [1.82, 2.24) is 0 Å². The molecule has 302 valence electrons. The predicted molar refractivity (Wildman–Crippen MR) is 226 cm³/mol.